The zero-order chi connectivity index (χ0) is 12.8. The van der Waals surface area contributed by atoms with Gasteiger partial charge in [-0.3, -0.25) is 4.79 Å². The van der Waals surface area contributed by atoms with Gasteiger partial charge in [0.05, 0.1) is 7.11 Å². The van der Waals surface area contributed by atoms with E-state index in [-0.39, 0.29) is 12.5 Å². The summed E-state index contributed by atoms with van der Waals surface area (Å²) in [6.07, 6.45) is 1.38. The molecule has 0 bridgehead atoms. The van der Waals surface area contributed by atoms with Gasteiger partial charge in [0.2, 0.25) is 0 Å². The predicted molar refractivity (Wildman–Crippen MR) is 66.1 cm³/mol. The minimum atomic E-state index is -0.784. The number of nitrogens with two attached hydrogens (primary N) is 1. The topological polar surface area (TPSA) is 72.5 Å². The second kappa shape index (κ2) is 6.25. The van der Waals surface area contributed by atoms with Crippen molar-refractivity contribution in [3.05, 3.63) is 29.3 Å². The van der Waals surface area contributed by atoms with Crippen molar-refractivity contribution >= 4 is 5.97 Å². The smallest absolute Gasteiger partial charge is 0.303 e. The van der Waals surface area contributed by atoms with Gasteiger partial charge in [0.1, 0.15) is 5.75 Å². The Hall–Kier alpha value is -1.55. The van der Waals surface area contributed by atoms with Gasteiger partial charge < -0.3 is 15.6 Å². The SMILES string of the molecule is COc1ccc(C)cc1C(N)CCCC(=O)O. The number of rotatable bonds is 6. The lowest BCUT2D eigenvalue weighted by Gasteiger charge is -2.16. The van der Waals surface area contributed by atoms with Gasteiger partial charge in [-0.2, -0.15) is 0 Å². The Morgan fingerprint density at radius 3 is 2.82 bits per heavy atom. The quantitative estimate of drug-likeness (QED) is 0.796. The first-order valence-corrected chi connectivity index (χ1v) is 5.66. The first-order chi connectivity index (χ1) is 8.04. The summed E-state index contributed by atoms with van der Waals surface area (Å²) in [5.41, 5.74) is 8.12. The Labute approximate surface area is 101 Å². The normalized spacial score (nSPS) is 12.2. The molecule has 0 aliphatic heterocycles. The monoisotopic (exact) mass is 237 g/mol. The lowest BCUT2D eigenvalue weighted by atomic mass is 9.99. The van der Waals surface area contributed by atoms with Crippen molar-refractivity contribution in [2.24, 2.45) is 5.73 Å². The third-order valence-electron chi connectivity index (χ3n) is 2.69. The third kappa shape index (κ3) is 4.07. The van der Waals surface area contributed by atoms with E-state index in [0.29, 0.717) is 12.8 Å². The molecule has 1 unspecified atom stereocenters. The van der Waals surface area contributed by atoms with Gasteiger partial charge in [-0.1, -0.05) is 17.7 Å². The van der Waals surface area contributed by atoms with Crippen LogP contribution < -0.4 is 10.5 Å². The molecule has 94 valence electrons. The van der Waals surface area contributed by atoms with Crippen LogP contribution in [0.15, 0.2) is 18.2 Å². The van der Waals surface area contributed by atoms with E-state index in [4.69, 9.17) is 15.6 Å². The highest BCUT2D eigenvalue weighted by Crippen LogP contribution is 2.27. The molecule has 4 nitrogen and oxygen atoms in total. The van der Waals surface area contributed by atoms with Crippen molar-refractivity contribution in [1.82, 2.24) is 0 Å². The molecule has 0 spiro atoms. The zero-order valence-electron chi connectivity index (χ0n) is 10.3. The van der Waals surface area contributed by atoms with E-state index in [1.807, 2.05) is 25.1 Å². The minimum absolute atomic E-state index is 0.155. The van der Waals surface area contributed by atoms with Gasteiger partial charge in [-0.05, 0) is 25.8 Å². The van der Waals surface area contributed by atoms with E-state index < -0.39 is 5.97 Å². The maximum absolute atomic E-state index is 10.4. The second-order valence-electron chi connectivity index (χ2n) is 4.14. The molecule has 4 heteroatoms. The largest absolute Gasteiger partial charge is 0.496 e. The molecule has 0 fully saturated rings. The lowest BCUT2D eigenvalue weighted by Crippen LogP contribution is -2.12. The molecule has 0 aliphatic carbocycles. The van der Waals surface area contributed by atoms with Crippen LogP contribution in [-0.2, 0) is 4.79 Å². The van der Waals surface area contributed by atoms with Crippen molar-refractivity contribution in [3.8, 4) is 5.75 Å². The fourth-order valence-electron chi connectivity index (χ4n) is 1.77. The standard InChI is InChI=1S/C13H19NO3/c1-9-6-7-12(17-2)10(8-9)11(14)4-3-5-13(15)16/h6-8,11H,3-5,14H2,1-2H3,(H,15,16). The van der Waals surface area contributed by atoms with Crippen LogP contribution in [0, 0.1) is 6.92 Å². The Bertz CT molecular complexity index is 390. The van der Waals surface area contributed by atoms with Crippen LogP contribution in [0.4, 0.5) is 0 Å². The maximum Gasteiger partial charge on any atom is 0.303 e. The van der Waals surface area contributed by atoms with Crippen LogP contribution in [0.2, 0.25) is 0 Å². The molecule has 0 aliphatic rings. The molecule has 0 radical (unpaired) electrons. The molecule has 0 aromatic heterocycles. The number of aliphatic carboxylic acids is 1. The summed E-state index contributed by atoms with van der Waals surface area (Å²) in [6, 6.07) is 5.67. The van der Waals surface area contributed by atoms with E-state index in [1.54, 1.807) is 7.11 Å². The summed E-state index contributed by atoms with van der Waals surface area (Å²) < 4.78 is 5.25. The van der Waals surface area contributed by atoms with Crippen LogP contribution in [0.3, 0.4) is 0 Å². The van der Waals surface area contributed by atoms with Crippen LogP contribution >= 0.6 is 0 Å². The third-order valence-corrected chi connectivity index (χ3v) is 2.69. The Morgan fingerprint density at radius 2 is 2.24 bits per heavy atom. The molecular weight excluding hydrogens is 218 g/mol. The van der Waals surface area contributed by atoms with E-state index >= 15 is 0 Å². The number of ether oxygens (including phenoxy) is 1. The van der Waals surface area contributed by atoms with Gasteiger partial charge in [0.15, 0.2) is 0 Å². The Balaban J connectivity index is 2.69. The summed E-state index contributed by atoms with van der Waals surface area (Å²) in [7, 11) is 1.61. The number of methoxy groups -OCH3 is 1. The molecule has 1 atom stereocenters. The summed E-state index contributed by atoms with van der Waals surface area (Å²) in [5.74, 6) is -0.0215. The van der Waals surface area contributed by atoms with Crippen molar-refractivity contribution in [2.75, 3.05) is 7.11 Å². The average molecular weight is 237 g/mol. The molecule has 1 aromatic rings. The van der Waals surface area contributed by atoms with Crippen molar-refractivity contribution in [2.45, 2.75) is 32.2 Å². The fourth-order valence-corrected chi connectivity index (χ4v) is 1.77. The summed E-state index contributed by atoms with van der Waals surface area (Å²) in [6.45, 7) is 1.99. The highest BCUT2D eigenvalue weighted by atomic mass is 16.5. The van der Waals surface area contributed by atoms with Gasteiger partial charge >= 0.3 is 5.97 Å². The highest BCUT2D eigenvalue weighted by molar-refractivity contribution is 5.66. The molecule has 1 rings (SSSR count). The molecule has 1 aromatic carbocycles. The first kappa shape index (κ1) is 13.5. The molecule has 17 heavy (non-hydrogen) atoms. The first-order valence-electron chi connectivity index (χ1n) is 5.66. The number of carboxylic acid groups (broad SMARTS) is 1. The van der Waals surface area contributed by atoms with Gasteiger partial charge in [0, 0.05) is 18.0 Å². The molecule has 0 heterocycles. The van der Waals surface area contributed by atoms with Crippen LogP contribution in [0.5, 0.6) is 5.75 Å². The number of hydrogen-bond acceptors (Lipinski definition) is 3. The van der Waals surface area contributed by atoms with Crippen LogP contribution in [0.1, 0.15) is 36.4 Å². The van der Waals surface area contributed by atoms with Gasteiger partial charge in [-0.15, -0.1) is 0 Å². The fraction of sp³-hybridized carbons (Fsp3) is 0.462. The van der Waals surface area contributed by atoms with E-state index in [2.05, 4.69) is 0 Å². The Kier molecular flexibility index (Phi) is 4.97. The minimum Gasteiger partial charge on any atom is -0.496 e. The molecule has 0 amide bonds. The van der Waals surface area contributed by atoms with Crippen molar-refractivity contribution in [1.29, 1.82) is 0 Å². The summed E-state index contributed by atoms with van der Waals surface area (Å²) in [4.78, 5) is 10.4. The average Bonchev–Trinajstić information content (AvgIpc) is 2.28. The van der Waals surface area contributed by atoms with E-state index in [1.165, 1.54) is 0 Å². The lowest BCUT2D eigenvalue weighted by molar-refractivity contribution is -0.137. The van der Waals surface area contributed by atoms with Gasteiger partial charge in [-0.25, -0.2) is 0 Å². The zero-order valence-corrected chi connectivity index (χ0v) is 10.3. The number of hydrogen-bond donors (Lipinski definition) is 2. The maximum atomic E-state index is 10.4. The van der Waals surface area contributed by atoms with Crippen LogP contribution in [0.25, 0.3) is 0 Å². The second-order valence-corrected chi connectivity index (χ2v) is 4.14. The summed E-state index contributed by atoms with van der Waals surface area (Å²) in [5, 5.41) is 8.58. The molecule has 3 N–H and O–H groups in total. The van der Waals surface area contributed by atoms with E-state index in [0.717, 1.165) is 16.9 Å². The molecule has 0 saturated heterocycles. The van der Waals surface area contributed by atoms with E-state index in [9.17, 15) is 4.79 Å². The van der Waals surface area contributed by atoms with Gasteiger partial charge in [0.25, 0.3) is 0 Å². The summed E-state index contributed by atoms with van der Waals surface area (Å²) >= 11 is 0. The number of carboxylic acids is 1. The number of benzene rings is 1. The highest BCUT2D eigenvalue weighted by Gasteiger charge is 2.12. The number of carbonyl (C=O) groups is 1. The molecular formula is C13H19NO3. The van der Waals surface area contributed by atoms with Crippen molar-refractivity contribution < 1.29 is 14.6 Å². The Morgan fingerprint density at radius 1 is 1.53 bits per heavy atom. The number of aryl methyl sites for hydroxylation is 1. The van der Waals surface area contributed by atoms with Crippen molar-refractivity contribution in [3.63, 3.8) is 0 Å². The molecule has 0 saturated carbocycles. The predicted octanol–water partition coefficient (Wildman–Crippen LogP) is 2.26. The van der Waals surface area contributed by atoms with Crippen LogP contribution in [-0.4, -0.2) is 18.2 Å².